The highest BCUT2D eigenvalue weighted by Gasteiger charge is 2.30. The Morgan fingerprint density at radius 3 is 2.58 bits per heavy atom. The number of nitrogens with zero attached hydrogens (tertiary/aromatic N) is 2. The van der Waals surface area contributed by atoms with Crippen LogP contribution in [0.5, 0.6) is 0 Å². The molecule has 2 heterocycles. The van der Waals surface area contributed by atoms with Crippen LogP contribution in [0.3, 0.4) is 0 Å². The maximum atomic E-state index is 13.3. The summed E-state index contributed by atoms with van der Waals surface area (Å²) in [5.41, 5.74) is 13.2. The average Bonchev–Trinajstić information content (AvgIpc) is 3.53. The van der Waals surface area contributed by atoms with Crippen LogP contribution in [0, 0.1) is 13.8 Å². The number of nitrogen functional groups attached to an aromatic ring is 1. The SMILES string of the molecule is Cc1ccc(CO[C@H]2CCC[C@@H]2NC(=O)c2cc(-c3ccc(CN4CC[C@@H](O)C4)cc3)cnc2N)cc1C. The highest BCUT2D eigenvalue weighted by atomic mass is 16.5. The summed E-state index contributed by atoms with van der Waals surface area (Å²) in [6, 6.07) is 16.4. The Labute approximate surface area is 225 Å². The fourth-order valence-electron chi connectivity index (χ4n) is 5.47. The average molecular weight is 515 g/mol. The van der Waals surface area contributed by atoms with Crippen LogP contribution in [0.2, 0.25) is 0 Å². The maximum Gasteiger partial charge on any atom is 0.255 e. The molecule has 1 aliphatic carbocycles. The molecule has 2 fully saturated rings. The first-order chi connectivity index (χ1) is 18.4. The topological polar surface area (TPSA) is 101 Å². The smallest absolute Gasteiger partial charge is 0.255 e. The van der Waals surface area contributed by atoms with E-state index in [2.05, 4.69) is 59.4 Å². The van der Waals surface area contributed by atoms with Crippen molar-refractivity contribution in [2.24, 2.45) is 0 Å². The van der Waals surface area contributed by atoms with E-state index in [4.69, 9.17) is 10.5 Å². The number of aryl methyl sites for hydroxylation is 2. The van der Waals surface area contributed by atoms with Gasteiger partial charge in [-0.2, -0.15) is 0 Å². The zero-order valence-electron chi connectivity index (χ0n) is 22.3. The van der Waals surface area contributed by atoms with Gasteiger partial charge in [0.05, 0.1) is 30.4 Å². The molecule has 0 bridgehead atoms. The number of pyridine rings is 1. The molecule has 1 aliphatic heterocycles. The van der Waals surface area contributed by atoms with E-state index in [1.807, 2.05) is 18.2 Å². The van der Waals surface area contributed by atoms with Crippen molar-refractivity contribution in [1.29, 1.82) is 0 Å². The first-order valence-electron chi connectivity index (χ1n) is 13.6. The Morgan fingerprint density at radius 1 is 1.05 bits per heavy atom. The number of aliphatic hydroxyl groups is 1. The number of carbonyl (C=O) groups is 1. The van der Waals surface area contributed by atoms with Gasteiger partial charge in [-0.05, 0) is 73.4 Å². The molecule has 1 amide bonds. The largest absolute Gasteiger partial charge is 0.392 e. The number of aromatic nitrogens is 1. The van der Waals surface area contributed by atoms with Gasteiger partial charge in [0.1, 0.15) is 5.82 Å². The van der Waals surface area contributed by atoms with E-state index in [9.17, 15) is 9.90 Å². The summed E-state index contributed by atoms with van der Waals surface area (Å²) in [6.07, 6.45) is 5.12. The number of β-amino-alcohol motifs (C(OH)–C–C–N with tert-alkyl or cyclic N) is 1. The van der Waals surface area contributed by atoms with Gasteiger partial charge in [0.2, 0.25) is 0 Å². The summed E-state index contributed by atoms with van der Waals surface area (Å²) < 4.78 is 6.24. The number of aliphatic hydroxyl groups excluding tert-OH is 1. The molecule has 7 nitrogen and oxygen atoms in total. The lowest BCUT2D eigenvalue weighted by molar-refractivity contribution is 0.0272. The molecule has 1 aromatic heterocycles. The molecule has 0 spiro atoms. The Balaban J connectivity index is 1.22. The second-order valence-corrected chi connectivity index (χ2v) is 10.8. The second-order valence-electron chi connectivity index (χ2n) is 10.8. The Morgan fingerprint density at radius 2 is 1.84 bits per heavy atom. The van der Waals surface area contributed by atoms with Crippen LogP contribution in [0.4, 0.5) is 5.82 Å². The molecular weight excluding hydrogens is 476 g/mol. The van der Waals surface area contributed by atoms with Gasteiger partial charge in [0.15, 0.2) is 0 Å². The van der Waals surface area contributed by atoms with Gasteiger partial charge in [0.25, 0.3) is 5.91 Å². The summed E-state index contributed by atoms with van der Waals surface area (Å²) in [6.45, 7) is 7.21. The number of hydrogen-bond acceptors (Lipinski definition) is 6. The Hall–Kier alpha value is -3.26. The Kier molecular flexibility index (Phi) is 8.07. The van der Waals surface area contributed by atoms with Crippen LogP contribution in [0.15, 0.2) is 54.7 Å². The van der Waals surface area contributed by atoms with Crippen LogP contribution in [0.1, 0.15) is 58.3 Å². The molecule has 1 saturated heterocycles. The molecule has 2 aromatic carbocycles. The van der Waals surface area contributed by atoms with Gasteiger partial charge in [-0.3, -0.25) is 9.69 Å². The maximum absolute atomic E-state index is 13.3. The number of nitrogens with two attached hydrogens (primary N) is 1. The predicted molar refractivity (Wildman–Crippen MR) is 150 cm³/mol. The number of ether oxygens (including phenoxy) is 1. The summed E-state index contributed by atoms with van der Waals surface area (Å²) in [5.74, 6) is 0.00815. The number of hydrogen-bond donors (Lipinski definition) is 3. The minimum Gasteiger partial charge on any atom is -0.392 e. The van der Waals surface area contributed by atoms with Crippen molar-refractivity contribution in [3.63, 3.8) is 0 Å². The minimum atomic E-state index is -0.219. The molecule has 7 heteroatoms. The lowest BCUT2D eigenvalue weighted by Crippen LogP contribution is -2.41. The van der Waals surface area contributed by atoms with Crippen LogP contribution in [-0.4, -0.2) is 52.2 Å². The van der Waals surface area contributed by atoms with Crippen molar-refractivity contribution in [2.75, 3.05) is 18.8 Å². The molecule has 0 unspecified atom stereocenters. The molecule has 4 N–H and O–H groups in total. The molecule has 3 atom stereocenters. The molecule has 3 aromatic rings. The summed E-state index contributed by atoms with van der Waals surface area (Å²) in [5, 5.41) is 12.9. The standard InChI is InChI=1S/C31H38N4O3/c1-20-6-7-23(14-21(20)2)19-38-29-5-3-4-28(29)34-31(37)27-15-25(16-33-30(27)32)24-10-8-22(9-11-24)17-35-13-12-26(36)18-35/h6-11,14-16,26,28-29,36H,3-5,12-13,17-19H2,1-2H3,(H2,32,33)(H,34,37)/t26-,28+,29+/m1/s1. The quantitative estimate of drug-likeness (QED) is 0.412. The van der Waals surface area contributed by atoms with Crippen LogP contribution in [-0.2, 0) is 17.9 Å². The molecule has 200 valence electrons. The first kappa shape index (κ1) is 26.4. The van der Waals surface area contributed by atoms with Gasteiger partial charge in [0, 0.05) is 31.4 Å². The number of rotatable bonds is 8. The predicted octanol–water partition coefficient (Wildman–Crippen LogP) is 4.38. The van der Waals surface area contributed by atoms with E-state index in [0.717, 1.165) is 62.0 Å². The van der Waals surface area contributed by atoms with E-state index < -0.39 is 0 Å². The number of nitrogens with one attached hydrogen (secondary N) is 1. The number of benzene rings is 2. The van der Waals surface area contributed by atoms with Crippen molar-refractivity contribution in [3.05, 3.63) is 82.5 Å². The van der Waals surface area contributed by atoms with Gasteiger partial charge in [-0.15, -0.1) is 0 Å². The van der Waals surface area contributed by atoms with E-state index in [0.29, 0.717) is 12.2 Å². The van der Waals surface area contributed by atoms with Crippen molar-refractivity contribution < 1.29 is 14.6 Å². The van der Waals surface area contributed by atoms with Crippen LogP contribution in [0.25, 0.3) is 11.1 Å². The van der Waals surface area contributed by atoms with E-state index in [1.54, 1.807) is 6.20 Å². The highest BCUT2D eigenvalue weighted by molar-refractivity contribution is 5.99. The molecule has 0 radical (unpaired) electrons. The summed E-state index contributed by atoms with van der Waals surface area (Å²) in [4.78, 5) is 19.9. The van der Waals surface area contributed by atoms with Crippen molar-refractivity contribution in [3.8, 4) is 11.1 Å². The highest BCUT2D eigenvalue weighted by Crippen LogP contribution is 2.27. The van der Waals surface area contributed by atoms with Gasteiger partial charge >= 0.3 is 0 Å². The third-order valence-electron chi connectivity index (χ3n) is 7.91. The number of amides is 1. The normalized spacial score (nSPS) is 21.6. The minimum absolute atomic E-state index is 0.0258. The third kappa shape index (κ3) is 6.23. The molecule has 38 heavy (non-hydrogen) atoms. The van der Waals surface area contributed by atoms with Crippen molar-refractivity contribution in [2.45, 2.75) is 70.9 Å². The summed E-state index contributed by atoms with van der Waals surface area (Å²) in [7, 11) is 0. The van der Waals surface area contributed by atoms with Gasteiger partial charge in [-0.1, -0.05) is 42.5 Å². The zero-order valence-corrected chi connectivity index (χ0v) is 22.3. The third-order valence-corrected chi connectivity index (χ3v) is 7.91. The monoisotopic (exact) mass is 514 g/mol. The summed E-state index contributed by atoms with van der Waals surface area (Å²) >= 11 is 0. The number of carbonyl (C=O) groups excluding carboxylic acids is 1. The number of likely N-dealkylation sites (tertiary alicyclic amines) is 1. The van der Waals surface area contributed by atoms with E-state index >= 15 is 0 Å². The first-order valence-corrected chi connectivity index (χ1v) is 13.6. The molecule has 5 rings (SSSR count). The lowest BCUT2D eigenvalue weighted by atomic mass is 10.0. The van der Waals surface area contributed by atoms with Crippen LogP contribution >= 0.6 is 0 Å². The zero-order chi connectivity index (χ0) is 26.6. The second kappa shape index (κ2) is 11.6. The van der Waals surface area contributed by atoms with E-state index in [1.165, 1.54) is 16.7 Å². The lowest BCUT2D eigenvalue weighted by Gasteiger charge is -2.22. The van der Waals surface area contributed by atoms with Crippen molar-refractivity contribution in [1.82, 2.24) is 15.2 Å². The molecule has 1 saturated carbocycles. The van der Waals surface area contributed by atoms with Gasteiger partial charge in [-0.25, -0.2) is 4.98 Å². The molecule has 2 aliphatic rings. The van der Waals surface area contributed by atoms with Crippen molar-refractivity contribution >= 4 is 11.7 Å². The van der Waals surface area contributed by atoms with Crippen LogP contribution < -0.4 is 11.1 Å². The number of anilines is 1. The molecular formula is C31H38N4O3. The fraction of sp³-hybridized carbons (Fsp3) is 0.419. The fourth-order valence-corrected chi connectivity index (χ4v) is 5.47. The van der Waals surface area contributed by atoms with E-state index in [-0.39, 0.29) is 30.0 Å². The Bertz CT molecular complexity index is 1280. The van der Waals surface area contributed by atoms with Gasteiger partial charge < -0.3 is 20.9 Å².